The lowest BCUT2D eigenvalue weighted by Crippen LogP contribution is -2.28. The summed E-state index contributed by atoms with van der Waals surface area (Å²) in [6, 6.07) is 11.4. The van der Waals surface area contributed by atoms with Crippen LogP contribution in [0.15, 0.2) is 41.2 Å². The van der Waals surface area contributed by atoms with E-state index >= 15 is 0 Å². The molecule has 0 aliphatic carbocycles. The molecule has 2 N–H and O–H groups in total. The molecule has 4 heteroatoms. The van der Waals surface area contributed by atoms with Gasteiger partial charge in [-0.25, -0.2) is 0 Å². The van der Waals surface area contributed by atoms with Crippen molar-refractivity contribution in [1.29, 1.82) is 0 Å². The number of nitrogens with two attached hydrogens (primary N) is 1. The highest BCUT2D eigenvalue weighted by Gasteiger charge is 2.08. The number of hydrogen-bond donors (Lipinski definition) is 1. The Morgan fingerprint density at radius 2 is 2.05 bits per heavy atom. The Morgan fingerprint density at radius 3 is 2.79 bits per heavy atom. The van der Waals surface area contributed by atoms with Gasteiger partial charge < -0.3 is 15.0 Å². The first-order valence-corrected chi connectivity index (χ1v) is 6.66. The summed E-state index contributed by atoms with van der Waals surface area (Å²) in [4.78, 5) is 12.0. The third-order valence-corrected chi connectivity index (χ3v) is 3.24. The standard InChI is InChI=1S/C15H20N2O2/c1-2-19-13(11-16)9-10-17-14-6-4-3-5-12(14)7-8-15(17)18/h3-8,13H,2,9-11,16H2,1H3. The van der Waals surface area contributed by atoms with E-state index in [1.165, 1.54) is 0 Å². The predicted octanol–water partition coefficient (Wildman–Crippen LogP) is 1.76. The summed E-state index contributed by atoms with van der Waals surface area (Å²) < 4.78 is 7.31. The summed E-state index contributed by atoms with van der Waals surface area (Å²) in [5.74, 6) is 0. The van der Waals surface area contributed by atoms with Crippen LogP contribution in [0.4, 0.5) is 0 Å². The van der Waals surface area contributed by atoms with E-state index in [1.54, 1.807) is 10.6 Å². The number of hydrogen-bond acceptors (Lipinski definition) is 3. The second-order valence-corrected chi connectivity index (χ2v) is 4.48. The van der Waals surface area contributed by atoms with E-state index in [4.69, 9.17) is 10.5 Å². The quantitative estimate of drug-likeness (QED) is 0.861. The van der Waals surface area contributed by atoms with Crippen LogP contribution in [0.25, 0.3) is 10.9 Å². The van der Waals surface area contributed by atoms with Gasteiger partial charge in [0.1, 0.15) is 0 Å². The molecule has 1 aromatic carbocycles. The van der Waals surface area contributed by atoms with Crippen molar-refractivity contribution in [2.75, 3.05) is 13.2 Å². The summed E-state index contributed by atoms with van der Waals surface area (Å²) in [6.07, 6.45) is 0.758. The average molecular weight is 260 g/mol. The van der Waals surface area contributed by atoms with Gasteiger partial charge >= 0.3 is 0 Å². The summed E-state index contributed by atoms with van der Waals surface area (Å²) in [6.45, 7) is 3.70. The fraction of sp³-hybridized carbons (Fsp3) is 0.400. The van der Waals surface area contributed by atoms with Crippen molar-refractivity contribution in [3.63, 3.8) is 0 Å². The molecule has 0 fully saturated rings. The lowest BCUT2D eigenvalue weighted by atomic mass is 10.2. The molecule has 1 unspecified atom stereocenters. The van der Waals surface area contributed by atoms with E-state index < -0.39 is 0 Å². The molecule has 2 aromatic rings. The van der Waals surface area contributed by atoms with Crippen molar-refractivity contribution >= 4 is 10.9 Å². The van der Waals surface area contributed by atoms with E-state index in [2.05, 4.69) is 0 Å². The topological polar surface area (TPSA) is 57.2 Å². The van der Waals surface area contributed by atoms with Crippen molar-refractivity contribution in [3.8, 4) is 0 Å². The minimum absolute atomic E-state index is 0.0101. The molecule has 2 rings (SSSR count). The number of rotatable bonds is 6. The highest BCUT2D eigenvalue weighted by atomic mass is 16.5. The molecule has 19 heavy (non-hydrogen) atoms. The Bertz CT molecular complexity index is 592. The summed E-state index contributed by atoms with van der Waals surface area (Å²) >= 11 is 0. The lowest BCUT2D eigenvalue weighted by Gasteiger charge is -2.16. The number of benzene rings is 1. The summed E-state index contributed by atoms with van der Waals surface area (Å²) in [5.41, 5.74) is 6.64. The maximum atomic E-state index is 12.0. The predicted molar refractivity (Wildman–Crippen MR) is 77.3 cm³/mol. The Labute approximate surface area is 112 Å². The first-order valence-electron chi connectivity index (χ1n) is 6.66. The number of pyridine rings is 1. The lowest BCUT2D eigenvalue weighted by molar-refractivity contribution is 0.0599. The fourth-order valence-corrected chi connectivity index (χ4v) is 2.25. The highest BCUT2D eigenvalue weighted by Crippen LogP contribution is 2.12. The zero-order valence-corrected chi connectivity index (χ0v) is 11.2. The molecule has 0 saturated heterocycles. The van der Waals surface area contributed by atoms with Crippen LogP contribution in [0.2, 0.25) is 0 Å². The zero-order valence-electron chi connectivity index (χ0n) is 11.2. The van der Waals surface area contributed by atoms with E-state index in [9.17, 15) is 4.79 Å². The molecule has 0 aliphatic rings. The molecular formula is C15H20N2O2. The Balaban J connectivity index is 2.24. The molecular weight excluding hydrogens is 240 g/mol. The number of aryl methyl sites for hydroxylation is 1. The minimum Gasteiger partial charge on any atom is -0.377 e. The van der Waals surface area contributed by atoms with E-state index in [0.717, 1.165) is 17.3 Å². The maximum Gasteiger partial charge on any atom is 0.251 e. The number of ether oxygens (including phenoxy) is 1. The number of para-hydroxylation sites is 1. The van der Waals surface area contributed by atoms with Gasteiger partial charge in [-0.1, -0.05) is 18.2 Å². The molecule has 102 valence electrons. The number of nitrogens with zero attached hydrogens (tertiary/aromatic N) is 1. The van der Waals surface area contributed by atoms with E-state index in [-0.39, 0.29) is 11.7 Å². The number of fused-ring (bicyclic) bond motifs is 1. The van der Waals surface area contributed by atoms with Crippen LogP contribution in [0.3, 0.4) is 0 Å². The van der Waals surface area contributed by atoms with Crippen LogP contribution >= 0.6 is 0 Å². The van der Waals surface area contributed by atoms with Crippen molar-refractivity contribution in [2.45, 2.75) is 26.0 Å². The van der Waals surface area contributed by atoms with Gasteiger partial charge in [0, 0.05) is 25.8 Å². The SMILES string of the molecule is CCOC(CN)CCn1c(=O)ccc2ccccc21. The van der Waals surface area contributed by atoms with Gasteiger partial charge in [-0.3, -0.25) is 4.79 Å². The van der Waals surface area contributed by atoms with Crippen molar-refractivity contribution in [3.05, 3.63) is 46.8 Å². The maximum absolute atomic E-state index is 12.0. The van der Waals surface area contributed by atoms with Gasteiger partial charge in [0.2, 0.25) is 0 Å². The molecule has 0 bridgehead atoms. The molecule has 0 saturated carbocycles. The highest BCUT2D eigenvalue weighted by molar-refractivity contribution is 5.78. The Kier molecular flexibility index (Phi) is 4.71. The van der Waals surface area contributed by atoms with Gasteiger partial charge in [-0.2, -0.15) is 0 Å². The van der Waals surface area contributed by atoms with Gasteiger partial charge in [-0.15, -0.1) is 0 Å². The van der Waals surface area contributed by atoms with Crippen LogP contribution in [0, 0.1) is 0 Å². The molecule has 1 heterocycles. The van der Waals surface area contributed by atoms with Crippen LogP contribution < -0.4 is 11.3 Å². The summed E-state index contributed by atoms with van der Waals surface area (Å²) in [5, 5.41) is 1.07. The molecule has 1 aromatic heterocycles. The first-order chi connectivity index (χ1) is 9.26. The summed E-state index contributed by atoms with van der Waals surface area (Å²) in [7, 11) is 0. The van der Waals surface area contributed by atoms with Crippen LogP contribution in [-0.4, -0.2) is 23.8 Å². The average Bonchev–Trinajstić information content (AvgIpc) is 2.45. The third kappa shape index (κ3) is 3.22. The van der Waals surface area contributed by atoms with Gasteiger partial charge in [0.15, 0.2) is 0 Å². The van der Waals surface area contributed by atoms with Crippen molar-refractivity contribution in [1.82, 2.24) is 4.57 Å². The second-order valence-electron chi connectivity index (χ2n) is 4.48. The van der Waals surface area contributed by atoms with E-state index in [1.807, 2.05) is 37.3 Å². The molecule has 4 nitrogen and oxygen atoms in total. The largest absolute Gasteiger partial charge is 0.377 e. The van der Waals surface area contributed by atoms with Crippen LogP contribution in [0.5, 0.6) is 0 Å². The Morgan fingerprint density at radius 1 is 1.26 bits per heavy atom. The van der Waals surface area contributed by atoms with Crippen LogP contribution in [-0.2, 0) is 11.3 Å². The van der Waals surface area contributed by atoms with Gasteiger partial charge in [0.25, 0.3) is 5.56 Å². The van der Waals surface area contributed by atoms with Crippen LogP contribution in [0.1, 0.15) is 13.3 Å². The number of aromatic nitrogens is 1. The van der Waals surface area contributed by atoms with E-state index in [0.29, 0.717) is 19.7 Å². The van der Waals surface area contributed by atoms with Gasteiger partial charge in [-0.05, 0) is 30.9 Å². The monoisotopic (exact) mass is 260 g/mol. The normalized spacial score (nSPS) is 12.7. The second kappa shape index (κ2) is 6.50. The first kappa shape index (κ1) is 13.8. The fourth-order valence-electron chi connectivity index (χ4n) is 2.25. The van der Waals surface area contributed by atoms with Crippen molar-refractivity contribution < 1.29 is 4.74 Å². The zero-order chi connectivity index (χ0) is 13.7. The molecule has 0 spiro atoms. The minimum atomic E-state index is 0.0101. The Hall–Kier alpha value is -1.65. The third-order valence-electron chi connectivity index (χ3n) is 3.24. The van der Waals surface area contributed by atoms with Crippen molar-refractivity contribution in [2.24, 2.45) is 5.73 Å². The molecule has 0 aliphatic heterocycles. The van der Waals surface area contributed by atoms with Gasteiger partial charge in [0.05, 0.1) is 11.6 Å². The molecule has 0 radical (unpaired) electrons. The molecule has 1 atom stereocenters. The molecule has 0 amide bonds. The smallest absolute Gasteiger partial charge is 0.251 e.